The van der Waals surface area contributed by atoms with Crippen molar-refractivity contribution in [2.75, 3.05) is 20.1 Å². The molecule has 2 heterocycles. The van der Waals surface area contributed by atoms with Crippen LogP contribution in [0, 0.1) is 0 Å². The summed E-state index contributed by atoms with van der Waals surface area (Å²) in [6.45, 7) is 4.01. The molecule has 1 aliphatic rings. The predicted octanol–water partition coefficient (Wildman–Crippen LogP) is 2.60. The molecule has 0 saturated heterocycles. The Bertz CT molecular complexity index is 535. The zero-order chi connectivity index (χ0) is 13.8. The van der Waals surface area contributed by atoms with Gasteiger partial charge in [-0.15, -0.1) is 0 Å². The molecule has 0 bridgehead atoms. The van der Waals surface area contributed by atoms with Crippen molar-refractivity contribution in [1.29, 1.82) is 0 Å². The molecule has 0 radical (unpaired) electrons. The second kappa shape index (κ2) is 6.25. The van der Waals surface area contributed by atoms with Crippen LogP contribution >= 0.6 is 0 Å². The van der Waals surface area contributed by atoms with Crippen LogP contribution in [0.3, 0.4) is 0 Å². The van der Waals surface area contributed by atoms with Gasteiger partial charge in [0.15, 0.2) is 0 Å². The van der Waals surface area contributed by atoms with Crippen LogP contribution in [0.4, 0.5) is 0 Å². The molecule has 106 valence electrons. The van der Waals surface area contributed by atoms with Crippen LogP contribution in [0.15, 0.2) is 41.0 Å². The minimum absolute atomic E-state index is 0.875. The van der Waals surface area contributed by atoms with E-state index in [1.807, 2.05) is 7.05 Å². The van der Waals surface area contributed by atoms with Gasteiger partial charge in [0.2, 0.25) is 0 Å². The van der Waals surface area contributed by atoms with Crippen LogP contribution in [0.5, 0.6) is 0 Å². The maximum Gasteiger partial charge on any atom is 0.122 e. The van der Waals surface area contributed by atoms with E-state index in [2.05, 4.69) is 40.5 Å². The van der Waals surface area contributed by atoms with Crippen molar-refractivity contribution in [3.8, 4) is 0 Å². The smallest absolute Gasteiger partial charge is 0.122 e. The van der Waals surface area contributed by atoms with E-state index in [9.17, 15) is 0 Å². The van der Waals surface area contributed by atoms with E-state index in [-0.39, 0.29) is 0 Å². The third kappa shape index (κ3) is 2.94. The highest BCUT2D eigenvalue weighted by atomic mass is 16.3. The molecular weight excluding hydrogens is 248 g/mol. The van der Waals surface area contributed by atoms with Gasteiger partial charge in [0.05, 0.1) is 12.8 Å². The van der Waals surface area contributed by atoms with E-state index < -0.39 is 0 Å². The molecule has 2 aromatic rings. The van der Waals surface area contributed by atoms with Crippen molar-refractivity contribution in [3.05, 3.63) is 59.0 Å². The molecule has 0 atom stereocenters. The third-order valence-electron chi connectivity index (χ3n) is 4.09. The molecule has 3 rings (SSSR count). The fourth-order valence-electron chi connectivity index (χ4n) is 2.93. The van der Waals surface area contributed by atoms with Gasteiger partial charge >= 0.3 is 0 Å². The van der Waals surface area contributed by atoms with Crippen molar-refractivity contribution in [2.24, 2.45) is 0 Å². The molecule has 0 unspecified atom stereocenters. The van der Waals surface area contributed by atoms with E-state index in [4.69, 9.17) is 4.42 Å². The average Bonchev–Trinajstić information content (AvgIpc) is 2.79. The lowest BCUT2D eigenvalue weighted by atomic mass is 10.0. The molecule has 20 heavy (non-hydrogen) atoms. The molecule has 1 aliphatic heterocycles. The molecule has 1 N–H and O–H groups in total. The number of hydrogen-bond donors (Lipinski definition) is 1. The molecule has 0 saturated carbocycles. The summed E-state index contributed by atoms with van der Waals surface area (Å²) in [5.41, 5.74) is 4.28. The number of nitrogens with one attached hydrogen (secondary N) is 1. The Hall–Kier alpha value is -1.58. The Labute approximate surface area is 120 Å². The Morgan fingerprint density at radius 1 is 1.10 bits per heavy atom. The highest BCUT2D eigenvalue weighted by Gasteiger charge is 2.16. The highest BCUT2D eigenvalue weighted by Crippen LogP contribution is 2.19. The Balaban J connectivity index is 1.67. The fourth-order valence-corrected chi connectivity index (χ4v) is 2.93. The molecule has 3 nitrogen and oxygen atoms in total. The quantitative estimate of drug-likeness (QED) is 0.925. The number of hydrogen-bond acceptors (Lipinski definition) is 3. The van der Waals surface area contributed by atoms with Crippen LogP contribution in [-0.2, 0) is 25.9 Å². The minimum atomic E-state index is 0.875. The highest BCUT2D eigenvalue weighted by molar-refractivity contribution is 5.28. The molecule has 0 aliphatic carbocycles. The topological polar surface area (TPSA) is 28.4 Å². The molecule has 0 spiro atoms. The van der Waals surface area contributed by atoms with Crippen LogP contribution in [0.1, 0.15) is 22.5 Å². The first-order valence-corrected chi connectivity index (χ1v) is 7.36. The Morgan fingerprint density at radius 3 is 2.45 bits per heavy atom. The van der Waals surface area contributed by atoms with Gasteiger partial charge in [-0.25, -0.2) is 0 Å². The first kappa shape index (κ1) is 13.4. The van der Waals surface area contributed by atoms with Crippen molar-refractivity contribution < 1.29 is 4.42 Å². The summed E-state index contributed by atoms with van der Waals surface area (Å²) in [5, 5.41) is 3.20. The van der Waals surface area contributed by atoms with E-state index in [0.717, 1.165) is 44.8 Å². The van der Waals surface area contributed by atoms with Crippen LogP contribution in [0.25, 0.3) is 0 Å². The minimum Gasteiger partial charge on any atom is -0.468 e. The average molecular weight is 270 g/mol. The summed E-state index contributed by atoms with van der Waals surface area (Å²) in [6, 6.07) is 10.9. The Morgan fingerprint density at radius 2 is 1.80 bits per heavy atom. The number of nitrogens with zero attached hydrogens (tertiary/aromatic N) is 1. The molecular formula is C17H22N2O. The SMILES string of the molecule is CNCc1ccoc1CN1CCc2ccccc2CC1. The standard InChI is InChI=1S/C17H22N2O/c1-18-12-16-8-11-20-17(16)13-19-9-6-14-4-2-3-5-15(14)7-10-19/h2-5,8,11,18H,6-7,9-10,12-13H2,1H3. The summed E-state index contributed by atoms with van der Waals surface area (Å²) in [5.74, 6) is 1.10. The lowest BCUT2D eigenvalue weighted by Crippen LogP contribution is -2.26. The zero-order valence-electron chi connectivity index (χ0n) is 12.1. The lowest BCUT2D eigenvalue weighted by Gasteiger charge is -2.19. The molecule has 3 heteroatoms. The van der Waals surface area contributed by atoms with Gasteiger partial charge in [0, 0.05) is 25.2 Å². The summed E-state index contributed by atoms with van der Waals surface area (Å²) in [6.07, 6.45) is 4.07. The van der Waals surface area contributed by atoms with Gasteiger partial charge in [-0.2, -0.15) is 0 Å². The third-order valence-corrected chi connectivity index (χ3v) is 4.09. The first-order valence-electron chi connectivity index (χ1n) is 7.36. The van der Waals surface area contributed by atoms with E-state index in [1.54, 1.807) is 6.26 Å². The van der Waals surface area contributed by atoms with Gasteiger partial charge in [-0.3, -0.25) is 4.90 Å². The van der Waals surface area contributed by atoms with E-state index >= 15 is 0 Å². The predicted molar refractivity (Wildman–Crippen MR) is 80.6 cm³/mol. The van der Waals surface area contributed by atoms with Gasteiger partial charge < -0.3 is 9.73 Å². The lowest BCUT2D eigenvalue weighted by molar-refractivity contribution is 0.253. The number of fused-ring (bicyclic) bond motifs is 1. The molecule has 1 aromatic carbocycles. The van der Waals surface area contributed by atoms with Gasteiger partial charge in [-0.1, -0.05) is 24.3 Å². The van der Waals surface area contributed by atoms with E-state index in [0.29, 0.717) is 0 Å². The van der Waals surface area contributed by atoms with E-state index in [1.165, 1.54) is 16.7 Å². The van der Waals surface area contributed by atoms with Crippen LogP contribution in [0.2, 0.25) is 0 Å². The van der Waals surface area contributed by atoms with Crippen LogP contribution in [-0.4, -0.2) is 25.0 Å². The molecule has 0 amide bonds. The maximum absolute atomic E-state index is 5.66. The van der Waals surface area contributed by atoms with Crippen molar-refractivity contribution in [3.63, 3.8) is 0 Å². The van der Waals surface area contributed by atoms with Gasteiger partial charge in [0.1, 0.15) is 5.76 Å². The number of benzene rings is 1. The molecule has 1 aromatic heterocycles. The van der Waals surface area contributed by atoms with Crippen LogP contribution < -0.4 is 5.32 Å². The monoisotopic (exact) mass is 270 g/mol. The summed E-state index contributed by atoms with van der Waals surface area (Å²) < 4.78 is 5.66. The Kier molecular flexibility index (Phi) is 4.19. The fraction of sp³-hybridized carbons (Fsp3) is 0.412. The largest absolute Gasteiger partial charge is 0.468 e. The summed E-state index contributed by atoms with van der Waals surface area (Å²) in [7, 11) is 1.97. The van der Waals surface area contributed by atoms with Gasteiger partial charge in [-0.05, 0) is 37.1 Å². The number of furan rings is 1. The summed E-state index contributed by atoms with van der Waals surface area (Å²) in [4.78, 5) is 2.50. The van der Waals surface area contributed by atoms with Crippen molar-refractivity contribution in [1.82, 2.24) is 10.2 Å². The number of rotatable bonds is 4. The zero-order valence-corrected chi connectivity index (χ0v) is 12.1. The van der Waals surface area contributed by atoms with Crippen molar-refractivity contribution >= 4 is 0 Å². The summed E-state index contributed by atoms with van der Waals surface area (Å²) >= 11 is 0. The maximum atomic E-state index is 5.66. The molecule has 0 fully saturated rings. The van der Waals surface area contributed by atoms with Gasteiger partial charge in [0.25, 0.3) is 0 Å². The first-order chi connectivity index (χ1) is 9.86. The second-order valence-corrected chi connectivity index (χ2v) is 5.44. The second-order valence-electron chi connectivity index (χ2n) is 5.44. The normalized spacial score (nSPS) is 15.8. The van der Waals surface area contributed by atoms with Crippen molar-refractivity contribution in [2.45, 2.75) is 25.9 Å².